The van der Waals surface area contributed by atoms with Crippen molar-refractivity contribution in [3.8, 4) is 0 Å². The van der Waals surface area contributed by atoms with E-state index < -0.39 is 0 Å². The Labute approximate surface area is 116 Å². The van der Waals surface area contributed by atoms with E-state index in [0.717, 1.165) is 6.54 Å². The number of hydrogen-bond acceptors (Lipinski definition) is 2. The summed E-state index contributed by atoms with van der Waals surface area (Å²) in [5.41, 5.74) is 11.0. The van der Waals surface area contributed by atoms with E-state index in [1.54, 1.807) is 11.1 Å². The fourth-order valence-corrected chi connectivity index (χ4v) is 4.00. The number of nitrogens with two attached hydrogens (primary N) is 1. The Morgan fingerprint density at radius 3 is 2.47 bits per heavy atom. The zero-order valence-electron chi connectivity index (χ0n) is 12.0. The van der Waals surface area contributed by atoms with Crippen LogP contribution in [-0.2, 0) is 12.8 Å². The van der Waals surface area contributed by atoms with Crippen molar-refractivity contribution in [1.29, 1.82) is 0 Å². The lowest BCUT2D eigenvalue weighted by Gasteiger charge is -2.47. The molecule has 2 aliphatic carbocycles. The first-order chi connectivity index (χ1) is 9.29. The third kappa shape index (κ3) is 2.21. The first-order valence-corrected chi connectivity index (χ1v) is 7.78. The smallest absolute Gasteiger partial charge is 0.0386 e. The van der Waals surface area contributed by atoms with Gasteiger partial charge in [-0.2, -0.15) is 0 Å². The second-order valence-electron chi connectivity index (χ2n) is 6.38. The summed E-state index contributed by atoms with van der Waals surface area (Å²) in [4.78, 5) is 0. The molecular formula is C17H26N2. The Morgan fingerprint density at radius 2 is 1.89 bits per heavy atom. The zero-order valence-corrected chi connectivity index (χ0v) is 12.0. The van der Waals surface area contributed by atoms with Crippen LogP contribution < -0.4 is 11.1 Å². The topological polar surface area (TPSA) is 38.0 Å². The van der Waals surface area contributed by atoms with Gasteiger partial charge in [0.2, 0.25) is 0 Å². The van der Waals surface area contributed by atoms with Crippen LogP contribution in [0.3, 0.4) is 0 Å². The minimum Gasteiger partial charge on any atom is -0.330 e. The highest BCUT2D eigenvalue weighted by Crippen LogP contribution is 2.49. The van der Waals surface area contributed by atoms with Crippen molar-refractivity contribution in [2.24, 2.45) is 11.1 Å². The van der Waals surface area contributed by atoms with Crippen molar-refractivity contribution in [3.05, 3.63) is 34.9 Å². The summed E-state index contributed by atoms with van der Waals surface area (Å²) >= 11 is 0. The van der Waals surface area contributed by atoms with Crippen LogP contribution in [0, 0.1) is 5.41 Å². The highest BCUT2D eigenvalue weighted by Gasteiger charge is 2.43. The van der Waals surface area contributed by atoms with E-state index in [9.17, 15) is 0 Å². The van der Waals surface area contributed by atoms with Crippen molar-refractivity contribution in [2.45, 2.75) is 51.0 Å². The van der Waals surface area contributed by atoms with Crippen LogP contribution in [0.2, 0.25) is 0 Å². The molecule has 1 atom stereocenters. The van der Waals surface area contributed by atoms with Gasteiger partial charge in [0.25, 0.3) is 0 Å². The molecule has 0 radical (unpaired) electrons. The molecule has 0 aliphatic heterocycles. The summed E-state index contributed by atoms with van der Waals surface area (Å²) in [5.74, 6) is 0. The van der Waals surface area contributed by atoms with Gasteiger partial charge in [-0.3, -0.25) is 0 Å². The van der Waals surface area contributed by atoms with Gasteiger partial charge in [-0.05, 0) is 68.8 Å². The molecule has 1 unspecified atom stereocenters. The first kappa shape index (κ1) is 13.1. The van der Waals surface area contributed by atoms with E-state index in [4.69, 9.17) is 5.73 Å². The molecule has 1 aromatic rings. The third-order valence-electron chi connectivity index (χ3n) is 5.36. The molecule has 1 aromatic carbocycles. The first-order valence-electron chi connectivity index (χ1n) is 7.78. The number of fused-ring (bicyclic) bond motifs is 1. The van der Waals surface area contributed by atoms with E-state index >= 15 is 0 Å². The molecule has 0 saturated heterocycles. The zero-order chi connectivity index (χ0) is 13.3. The molecule has 0 bridgehead atoms. The van der Waals surface area contributed by atoms with Crippen molar-refractivity contribution in [1.82, 2.24) is 5.32 Å². The van der Waals surface area contributed by atoms with Crippen molar-refractivity contribution < 1.29 is 0 Å². The van der Waals surface area contributed by atoms with E-state index in [2.05, 4.69) is 30.6 Å². The van der Waals surface area contributed by atoms with Gasteiger partial charge in [-0.15, -0.1) is 0 Å². The molecule has 19 heavy (non-hydrogen) atoms. The lowest BCUT2D eigenvalue weighted by Crippen LogP contribution is -2.47. The Kier molecular flexibility index (Phi) is 3.64. The Bertz CT molecular complexity index is 443. The normalized spacial score (nSPS) is 22.4. The third-order valence-corrected chi connectivity index (χ3v) is 5.36. The minimum absolute atomic E-state index is 0.303. The maximum absolute atomic E-state index is 6.08. The van der Waals surface area contributed by atoms with Crippen molar-refractivity contribution >= 4 is 0 Å². The van der Waals surface area contributed by atoms with Gasteiger partial charge in [-0.25, -0.2) is 0 Å². The van der Waals surface area contributed by atoms with Gasteiger partial charge < -0.3 is 11.1 Å². The Morgan fingerprint density at radius 1 is 1.16 bits per heavy atom. The summed E-state index contributed by atoms with van der Waals surface area (Å²) in [7, 11) is 2.08. The molecule has 1 saturated carbocycles. The summed E-state index contributed by atoms with van der Waals surface area (Å²) in [6, 6.07) is 7.57. The highest BCUT2D eigenvalue weighted by atomic mass is 14.9. The van der Waals surface area contributed by atoms with Crippen LogP contribution in [0.4, 0.5) is 0 Å². The van der Waals surface area contributed by atoms with Crippen molar-refractivity contribution in [2.75, 3.05) is 13.6 Å². The molecule has 3 rings (SSSR count). The van der Waals surface area contributed by atoms with Gasteiger partial charge in [0.15, 0.2) is 0 Å². The number of rotatable bonds is 4. The van der Waals surface area contributed by atoms with Crippen LogP contribution in [-0.4, -0.2) is 13.6 Å². The second-order valence-corrected chi connectivity index (χ2v) is 6.38. The van der Waals surface area contributed by atoms with Gasteiger partial charge >= 0.3 is 0 Å². The molecule has 1 fully saturated rings. The van der Waals surface area contributed by atoms with Gasteiger partial charge in [0.1, 0.15) is 0 Å². The van der Waals surface area contributed by atoms with Crippen molar-refractivity contribution in [3.63, 3.8) is 0 Å². The van der Waals surface area contributed by atoms with Gasteiger partial charge in [0.05, 0.1) is 0 Å². The molecule has 2 heteroatoms. The average Bonchev–Trinajstić information content (AvgIpc) is 2.42. The molecule has 2 nitrogen and oxygen atoms in total. The average molecular weight is 258 g/mol. The van der Waals surface area contributed by atoms with E-state index in [0.29, 0.717) is 11.5 Å². The second kappa shape index (κ2) is 5.26. The standard InChI is InChI=1S/C17H26N2/c1-19-16(17(12-18)9-4-10-17)15-8-7-13-5-2-3-6-14(13)11-15/h7-8,11,16,19H,2-6,9-10,12,18H2,1H3. The Balaban J connectivity index is 1.91. The molecule has 0 spiro atoms. The van der Waals surface area contributed by atoms with Crippen LogP contribution >= 0.6 is 0 Å². The number of aryl methyl sites for hydroxylation is 2. The number of hydrogen-bond donors (Lipinski definition) is 2. The summed E-state index contributed by atoms with van der Waals surface area (Å²) in [5, 5.41) is 3.54. The van der Waals surface area contributed by atoms with Gasteiger partial charge in [-0.1, -0.05) is 24.6 Å². The monoisotopic (exact) mass is 258 g/mol. The predicted octanol–water partition coefficient (Wildman–Crippen LogP) is 2.95. The summed E-state index contributed by atoms with van der Waals surface area (Å²) in [6.07, 6.45) is 9.10. The minimum atomic E-state index is 0.303. The number of nitrogens with one attached hydrogen (secondary N) is 1. The number of benzene rings is 1. The van der Waals surface area contributed by atoms with Gasteiger partial charge in [0, 0.05) is 11.5 Å². The van der Waals surface area contributed by atoms with E-state index in [1.165, 1.54) is 50.5 Å². The predicted molar refractivity (Wildman–Crippen MR) is 80.2 cm³/mol. The van der Waals surface area contributed by atoms with Crippen LogP contribution in [0.15, 0.2) is 18.2 Å². The molecule has 0 amide bonds. The maximum Gasteiger partial charge on any atom is 0.0386 e. The molecular weight excluding hydrogens is 232 g/mol. The molecule has 0 aromatic heterocycles. The highest BCUT2D eigenvalue weighted by molar-refractivity contribution is 5.36. The fourth-order valence-electron chi connectivity index (χ4n) is 4.00. The quantitative estimate of drug-likeness (QED) is 0.871. The Hall–Kier alpha value is -0.860. The van der Waals surface area contributed by atoms with E-state index in [1.807, 2.05) is 0 Å². The molecule has 104 valence electrons. The lowest BCUT2D eigenvalue weighted by atomic mass is 9.62. The van der Waals surface area contributed by atoms with E-state index in [-0.39, 0.29) is 0 Å². The SMILES string of the molecule is CNC(c1ccc2c(c1)CCCC2)C1(CN)CCC1. The molecule has 3 N–H and O–H groups in total. The lowest BCUT2D eigenvalue weighted by molar-refractivity contribution is 0.0879. The summed E-state index contributed by atoms with van der Waals surface area (Å²) in [6.45, 7) is 0.801. The van der Waals surface area contributed by atoms with Crippen LogP contribution in [0.5, 0.6) is 0 Å². The maximum atomic E-state index is 6.08. The van der Waals surface area contributed by atoms with Crippen LogP contribution in [0.25, 0.3) is 0 Å². The largest absolute Gasteiger partial charge is 0.330 e. The van der Waals surface area contributed by atoms with Crippen LogP contribution in [0.1, 0.15) is 54.8 Å². The molecule has 2 aliphatic rings. The summed E-state index contributed by atoms with van der Waals surface area (Å²) < 4.78 is 0. The fraction of sp³-hybridized carbons (Fsp3) is 0.647. The molecule has 0 heterocycles.